The van der Waals surface area contributed by atoms with Gasteiger partial charge in [0, 0.05) is 17.0 Å². The fraction of sp³-hybridized carbons (Fsp3) is 0.188. The molecule has 2 rings (SSSR count). The van der Waals surface area contributed by atoms with Crippen LogP contribution in [0.15, 0.2) is 60.7 Å². The fourth-order valence-electron chi connectivity index (χ4n) is 1.73. The van der Waals surface area contributed by atoms with E-state index in [-0.39, 0.29) is 5.97 Å². The van der Waals surface area contributed by atoms with Crippen LogP contribution in [0.1, 0.15) is 19.8 Å². The number of carbonyl (C=O) groups is 1. The van der Waals surface area contributed by atoms with Gasteiger partial charge in [0.05, 0.1) is 0 Å². The van der Waals surface area contributed by atoms with Gasteiger partial charge >= 0.3 is 5.97 Å². The number of hydrogen-bond acceptors (Lipinski definition) is 2. The summed E-state index contributed by atoms with van der Waals surface area (Å²) in [5.41, 5.74) is 0. The Hall–Kier alpha value is -1.66. The Morgan fingerprint density at radius 2 is 1.42 bits per heavy atom. The van der Waals surface area contributed by atoms with Gasteiger partial charge in [-0.1, -0.05) is 67.6 Å². The predicted molar refractivity (Wildman–Crippen MR) is 80.1 cm³/mol. The molecule has 98 valence electrons. The average molecular weight is 272 g/mol. The van der Waals surface area contributed by atoms with Crippen LogP contribution in [-0.4, -0.2) is 5.97 Å². The van der Waals surface area contributed by atoms with Gasteiger partial charge in [-0.2, -0.15) is 0 Å². The lowest BCUT2D eigenvalue weighted by Crippen LogP contribution is -2.16. The van der Waals surface area contributed by atoms with E-state index in [0.29, 0.717) is 6.42 Å². The maximum absolute atomic E-state index is 11.8. The lowest BCUT2D eigenvalue weighted by Gasteiger charge is -2.17. The Labute approximate surface area is 115 Å². The van der Waals surface area contributed by atoms with Gasteiger partial charge in [-0.25, -0.2) is 0 Å². The van der Waals surface area contributed by atoms with E-state index in [1.54, 1.807) is 0 Å². The molecule has 2 aromatic carbocycles. The van der Waals surface area contributed by atoms with Gasteiger partial charge in [-0.05, 0) is 6.42 Å². The van der Waals surface area contributed by atoms with Crippen molar-refractivity contribution in [2.75, 3.05) is 0 Å². The third-order valence-corrected chi connectivity index (χ3v) is 4.55. The fourth-order valence-corrected chi connectivity index (χ4v) is 3.42. The first-order valence-electron chi connectivity index (χ1n) is 6.42. The molecule has 2 aromatic rings. The van der Waals surface area contributed by atoms with Crippen LogP contribution < -0.4 is 10.6 Å². The third kappa shape index (κ3) is 3.90. The summed E-state index contributed by atoms with van der Waals surface area (Å²) in [5.74, 6) is -0.124. The molecule has 2 nitrogen and oxygen atoms in total. The quantitative estimate of drug-likeness (QED) is 0.780. The molecule has 0 amide bonds. The van der Waals surface area contributed by atoms with Crippen molar-refractivity contribution in [1.82, 2.24) is 0 Å². The molecule has 0 aliphatic heterocycles. The smallest absolute Gasteiger partial charge is 0.309 e. The zero-order valence-electron chi connectivity index (χ0n) is 11.0. The maximum atomic E-state index is 11.8. The molecule has 0 aliphatic rings. The molecule has 19 heavy (non-hydrogen) atoms. The monoisotopic (exact) mass is 272 g/mol. The van der Waals surface area contributed by atoms with Gasteiger partial charge in [0.1, 0.15) is 0 Å². The Kier molecular flexibility index (Phi) is 5.11. The number of rotatable bonds is 5. The zero-order chi connectivity index (χ0) is 13.5. The van der Waals surface area contributed by atoms with Gasteiger partial charge in [0.25, 0.3) is 0 Å². The first-order valence-corrected chi connectivity index (χ1v) is 7.68. The number of hydrogen-bond donors (Lipinski definition) is 0. The highest BCUT2D eigenvalue weighted by Gasteiger charge is 2.18. The molecule has 0 N–H and O–H groups in total. The first-order chi connectivity index (χ1) is 9.31. The van der Waals surface area contributed by atoms with E-state index in [1.807, 2.05) is 67.6 Å². The van der Waals surface area contributed by atoms with Crippen molar-refractivity contribution >= 4 is 24.7 Å². The summed E-state index contributed by atoms with van der Waals surface area (Å²) >= 11 is 0. The van der Waals surface area contributed by atoms with E-state index in [9.17, 15) is 4.79 Å². The van der Waals surface area contributed by atoms with E-state index in [0.717, 1.165) is 17.0 Å². The molecule has 0 aliphatic carbocycles. The highest BCUT2D eigenvalue weighted by atomic mass is 31.1. The molecule has 0 spiro atoms. The lowest BCUT2D eigenvalue weighted by molar-refractivity contribution is -0.133. The van der Waals surface area contributed by atoms with E-state index < -0.39 is 8.15 Å². The van der Waals surface area contributed by atoms with Crippen LogP contribution in [0.3, 0.4) is 0 Å². The van der Waals surface area contributed by atoms with Crippen LogP contribution >= 0.6 is 8.15 Å². The minimum absolute atomic E-state index is 0.124. The molecular formula is C16H17O2P. The number of carbonyl (C=O) groups excluding carboxylic acids is 1. The second-order valence-electron chi connectivity index (χ2n) is 4.18. The highest BCUT2D eigenvalue weighted by molar-refractivity contribution is 7.69. The lowest BCUT2D eigenvalue weighted by atomic mass is 10.3. The van der Waals surface area contributed by atoms with Crippen LogP contribution in [0.25, 0.3) is 0 Å². The summed E-state index contributed by atoms with van der Waals surface area (Å²) in [6.45, 7) is 1.98. The molecule has 0 heterocycles. The summed E-state index contributed by atoms with van der Waals surface area (Å²) < 4.78 is 5.69. The maximum Gasteiger partial charge on any atom is 0.309 e. The molecule has 0 unspecified atom stereocenters. The first kappa shape index (κ1) is 13.8. The van der Waals surface area contributed by atoms with Gasteiger partial charge < -0.3 is 4.52 Å². The molecule has 0 aromatic heterocycles. The minimum atomic E-state index is -1.05. The largest absolute Gasteiger partial charge is 0.435 e. The molecule has 0 radical (unpaired) electrons. The normalized spacial score (nSPS) is 10.4. The van der Waals surface area contributed by atoms with Crippen molar-refractivity contribution in [1.29, 1.82) is 0 Å². The Balaban J connectivity index is 2.26. The Morgan fingerprint density at radius 3 is 1.84 bits per heavy atom. The number of benzene rings is 2. The van der Waals surface area contributed by atoms with Gasteiger partial charge in [-0.15, -0.1) is 0 Å². The topological polar surface area (TPSA) is 26.3 Å². The van der Waals surface area contributed by atoms with Crippen LogP contribution in [0.2, 0.25) is 0 Å². The van der Waals surface area contributed by atoms with Crippen molar-refractivity contribution in [2.45, 2.75) is 19.8 Å². The van der Waals surface area contributed by atoms with Crippen molar-refractivity contribution in [3.8, 4) is 0 Å². The SMILES string of the molecule is CCCC(=O)OP(c1ccccc1)c1ccccc1. The minimum Gasteiger partial charge on any atom is -0.435 e. The second kappa shape index (κ2) is 7.06. The van der Waals surface area contributed by atoms with Crippen LogP contribution in [0.4, 0.5) is 0 Å². The van der Waals surface area contributed by atoms with Gasteiger partial charge in [-0.3, -0.25) is 4.79 Å². The van der Waals surface area contributed by atoms with Crippen LogP contribution in [0, 0.1) is 0 Å². The molecule has 0 bridgehead atoms. The Bertz CT molecular complexity index is 471. The van der Waals surface area contributed by atoms with Crippen molar-refractivity contribution in [3.63, 3.8) is 0 Å². The molecule has 0 atom stereocenters. The van der Waals surface area contributed by atoms with Gasteiger partial charge in [0.2, 0.25) is 0 Å². The van der Waals surface area contributed by atoms with Crippen LogP contribution in [0.5, 0.6) is 0 Å². The summed E-state index contributed by atoms with van der Waals surface area (Å²) in [7, 11) is -1.05. The molecule has 3 heteroatoms. The highest BCUT2D eigenvalue weighted by Crippen LogP contribution is 2.35. The van der Waals surface area contributed by atoms with Gasteiger partial charge in [0.15, 0.2) is 8.15 Å². The Morgan fingerprint density at radius 1 is 0.947 bits per heavy atom. The van der Waals surface area contributed by atoms with E-state index in [2.05, 4.69) is 0 Å². The summed E-state index contributed by atoms with van der Waals surface area (Å²) in [5, 5.41) is 2.13. The van der Waals surface area contributed by atoms with Crippen molar-refractivity contribution in [2.24, 2.45) is 0 Å². The van der Waals surface area contributed by atoms with Crippen molar-refractivity contribution in [3.05, 3.63) is 60.7 Å². The van der Waals surface area contributed by atoms with E-state index >= 15 is 0 Å². The summed E-state index contributed by atoms with van der Waals surface area (Å²) in [6.07, 6.45) is 1.28. The molecule has 0 saturated heterocycles. The summed E-state index contributed by atoms with van der Waals surface area (Å²) in [6, 6.07) is 19.9. The van der Waals surface area contributed by atoms with E-state index in [1.165, 1.54) is 0 Å². The standard InChI is InChI=1S/C16H17O2P/c1-2-9-16(17)18-19(14-10-5-3-6-11-14)15-12-7-4-8-13-15/h3-8,10-13H,2,9H2,1H3. The summed E-state index contributed by atoms with van der Waals surface area (Å²) in [4.78, 5) is 11.8. The molecular weight excluding hydrogens is 255 g/mol. The second-order valence-corrected chi connectivity index (χ2v) is 5.98. The third-order valence-electron chi connectivity index (χ3n) is 2.63. The van der Waals surface area contributed by atoms with E-state index in [4.69, 9.17) is 4.52 Å². The van der Waals surface area contributed by atoms with Crippen LogP contribution in [-0.2, 0) is 9.32 Å². The zero-order valence-corrected chi connectivity index (χ0v) is 11.8. The average Bonchev–Trinajstić information content (AvgIpc) is 2.47. The van der Waals surface area contributed by atoms with Crippen molar-refractivity contribution < 1.29 is 9.32 Å². The predicted octanol–water partition coefficient (Wildman–Crippen LogP) is 3.38. The molecule has 0 saturated carbocycles. The molecule has 0 fully saturated rings.